The first kappa shape index (κ1) is 18.7. The fourth-order valence-electron chi connectivity index (χ4n) is 2.24. The first-order valence-electron chi connectivity index (χ1n) is 7.38. The van der Waals surface area contributed by atoms with E-state index in [-0.39, 0.29) is 12.0 Å². The standard InChI is InChI=1S/C15H14F4N2O4/c16-8-5-7(11(17)13(19)12(8)18)15(24)25-6-10(22)21-9-3-1-2-4-20-14(9)23/h5,9H,1-4,6H2,(H,20,23)(H,21,22)/t9-/m0/s1. The van der Waals surface area contributed by atoms with Gasteiger partial charge in [-0.2, -0.15) is 0 Å². The second kappa shape index (κ2) is 7.95. The lowest BCUT2D eigenvalue weighted by Gasteiger charge is -2.15. The fraction of sp³-hybridized carbons (Fsp3) is 0.400. The molecule has 1 fully saturated rings. The first-order valence-corrected chi connectivity index (χ1v) is 7.38. The molecule has 0 aliphatic carbocycles. The van der Waals surface area contributed by atoms with Crippen LogP contribution in [0.1, 0.15) is 29.6 Å². The summed E-state index contributed by atoms with van der Waals surface area (Å²) in [5.41, 5.74) is -1.18. The Labute approximate surface area is 139 Å². The van der Waals surface area contributed by atoms with E-state index in [9.17, 15) is 31.9 Å². The topological polar surface area (TPSA) is 84.5 Å². The van der Waals surface area contributed by atoms with Crippen molar-refractivity contribution < 1.29 is 36.7 Å². The fourth-order valence-corrected chi connectivity index (χ4v) is 2.24. The largest absolute Gasteiger partial charge is 0.452 e. The molecule has 1 aromatic rings. The smallest absolute Gasteiger partial charge is 0.341 e. The van der Waals surface area contributed by atoms with Crippen molar-refractivity contribution in [1.82, 2.24) is 10.6 Å². The summed E-state index contributed by atoms with van der Waals surface area (Å²) in [7, 11) is 0. The van der Waals surface area contributed by atoms with Gasteiger partial charge in [-0.25, -0.2) is 22.4 Å². The molecule has 10 heteroatoms. The lowest BCUT2D eigenvalue weighted by molar-refractivity contribution is -0.130. The molecule has 2 rings (SSSR count). The third-order valence-corrected chi connectivity index (χ3v) is 3.53. The van der Waals surface area contributed by atoms with Crippen LogP contribution < -0.4 is 10.6 Å². The summed E-state index contributed by atoms with van der Waals surface area (Å²) in [4.78, 5) is 35.0. The molecule has 2 amide bonds. The predicted molar refractivity (Wildman–Crippen MR) is 75.3 cm³/mol. The van der Waals surface area contributed by atoms with E-state index in [0.717, 1.165) is 6.42 Å². The zero-order valence-electron chi connectivity index (χ0n) is 12.8. The van der Waals surface area contributed by atoms with Gasteiger partial charge in [0.05, 0.1) is 0 Å². The van der Waals surface area contributed by atoms with Gasteiger partial charge in [0.1, 0.15) is 11.6 Å². The molecule has 1 aliphatic heterocycles. The van der Waals surface area contributed by atoms with E-state index >= 15 is 0 Å². The number of hydrogen-bond acceptors (Lipinski definition) is 4. The Balaban J connectivity index is 1.95. The molecule has 1 aromatic carbocycles. The summed E-state index contributed by atoms with van der Waals surface area (Å²) in [5, 5.41) is 4.92. The van der Waals surface area contributed by atoms with Crippen LogP contribution >= 0.6 is 0 Å². The SMILES string of the molecule is O=C(COC(=O)c1cc(F)c(F)c(F)c1F)N[C@H]1CCCCNC1=O. The molecule has 0 spiro atoms. The van der Waals surface area contributed by atoms with E-state index in [0.29, 0.717) is 19.4 Å². The molecule has 0 saturated carbocycles. The highest BCUT2D eigenvalue weighted by atomic mass is 19.2. The van der Waals surface area contributed by atoms with Crippen LogP contribution in [-0.2, 0) is 14.3 Å². The van der Waals surface area contributed by atoms with Crippen LogP contribution in [0, 0.1) is 23.3 Å². The van der Waals surface area contributed by atoms with E-state index in [2.05, 4.69) is 15.4 Å². The Morgan fingerprint density at radius 2 is 1.88 bits per heavy atom. The number of halogens is 4. The van der Waals surface area contributed by atoms with Crippen LogP contribution in [0.3, 0.4) is 0 Å². The van der Waals surface area contributed by atoms with Gasteiger partial charge in [-0.05, 0) is 25.3 Å². The van der Waals surface area contributed by atoms with E-state index < -0.39 is 53.4 Å². The summed E-state index contributed by atoms with van der Waals surface area (Å²) in [6.07, 6.45) is 1.85. The molecule has 1 heterocycles. The lowest BCUT2D eigenvalue weighted by atomic mass is 10.1. The molecular formula is C15H14F4N2O4. The monoisotopic (exact) mass is 362 g/mol. The summed E-state index contributed by atoms with van der Waals surface area (Å²) in [6.45, 7) is -0.413. The number of hydrogen-bond donors (Lipinski definition) is 2. The Morgan fingerprint density at radius 1 is 1.16 bits per heavy atom. The molecule has 0 radical (unpaired) electrons. The maximum Gasteiger partial charge on any atom is 0.341 e. The third-order valence-electron chi connectivity index (χ3n) is 3.53. The van der Waals surface area contributed by atoms with Gasteiger partial charge in [0.25, 0.3) is 5.91 Å². The van der Waals surface area contributed by atoms with Gasteiger partial charge in [-0.1, -0.05) is 0 Å². The highest BCUT2D eigenvalue weighted by molar-refractivity contribution is 5.92. The Bertz CT molecular complexity index is 711. The van der Waals surface area contributed by atoms with Gasteiger partial charge in [0.15, 0.2) is 29.9 Å². The van der Waals surface area contributed by atoms with E-state index in [1.807, 2.05) is 0 Å². The van der Waals surface area contributed by atoms with Crippen LogP contribution in [0.15, 0.2) is 6.07 Å². The van der Waals surface area contributed by atoms with Crippen molar-refractivity contribution in [3.05, 3.63) is 34.9 Å². The average Bonchev–Trinajstić information content (AvgIpc) is 2.78. The zero-order valence-corrected chi connectivity index (χ0v) is 12.8. The Hall–Kier alpha value is -2.65. The summed E-state index contributed by atoms with van der Waals surface area (Å²) < 4.78 is 56.9. The third kappa shape index (κ3) is 4.46. The molecule has 1 aliphatic rings. The van der Waals surface area contributed by atoms with E-state index in [1.165, 1.54) is 0 Å². The van der Waals surface area contributed by atoms with E-state index in [4.69, 9.17) is 0 Å². The van der Waals surface area contributed by atoms with Gasteiger partial charge in [-0.3, -0.25) is 9.59 Å². The minimum absolute atomic E-state index is 0.132. The second-order valence-electron chi connectivity index (χ2n) is 5.33. The Kier molecular flexibility index (Phi) is 5.94. The van der Waals surface area contributed by atoms with Crippen LogP contribution in [0.4, 0.5) is 17.6 Å². The highest BCUT2D eigenvalue weighted by Gasteiger charge is 2.26. The molecule has 25 heavy (non-hydrogen) atoms. The normalized spacial score (nSPS) is 17.4. The number of amides is 2. The first-order chi connectivity index (χ1) is 11.8. The van der Waals surface area contributed by atoms with Gasteiger partial charge in [-0.15, -0.1) is 0 Å². The molecule has 6 nitrogen and oxygen atoms in total. The van der Waals surface area contributed by atoms with Crippen molar-refractivity contribution in [2.45, 2.75) is 25.3 Å². The zero-order chi connectivity index (χ0) is 18.6. The van der Waals surface area contributed by atoms with Crippen molar-refractivity contribution in [2.75, 3.05) is 13.2 Å². The van der Waals surface area contributed by atoms with Crippen molar-refractivity contribution in [1.29, 1.82) is 0 Å². The van der Waals surface area contributed by atoms with Crippen molar-refractivity contribution in [3.63, 3.8) is 0 Å². The van der Waals surface area contributed by atoms with Crippen LogP contribution in [0.5, 0.6) is 0 Å². The van der Waals surface area contributed by atoms with Gasteiger partial charge < -0.3 is 15.4 Å². The van der Waals surface area contributed by atoms with Crippen molar-refractivity contribution in [2.24, 2.45) is 0 Å². The molecule has 0 aromatic heterocycles. The molecule has 2 N–H and O–H groups in total. The number of ether oxygens (including phenoxy) is 1. The number of esters is 1. The predicted octanol–water partition coefficient (Wildman–Crippen LogP) is 1.18. The van der Waals surface area contributed by atoms with Crippen LogP contribution in [0.25, 0.3) is 0 Å². The van der Waals surface area contributed by atoms with Gasteiger partial charge in [0.2, 0.25) is 5.91 Å². The summed E-state index contributed by atoms with van der Waals surface area (Å²) >= 11 is 0. The van der Waals surface area contributed by atoms with Crippen LogP contribution in [-0.4, -0.2) is 37.0 Å². The number of carbonyl (C=O) groups excluding carboxylic acids is 3. The number of carbonyl (C=O) groups is 3. The lowest BCUT2D eigenvalue weighted by Crippen LogP contribution is -2.46. The molecule has 1 atom stereocenters. The molecule has 1 saturated heterocycles. The minimum Gasteiger partial charge on any atom is -0.452 e. The summed E-state index contributed by atoms with van der Waals surface area (Å²) in [5.74, 6) is -10.7. The molecular weight excluding hydrogens is 348 g/mol. The average molecular weight is 362 g/mol. The Morgan fingerprint density at radius 3 is 2.60 bits per heavy atom. The second-order valence-corrected chi connectivity index (χ2v) is 5.33. The maximum absolute atomic E-state index is 13.5. The van der Waals surface area contributed by atoms with E-state index in [1.54, 1.807) is 0 Å². The van der Waals surface area contributed by atoms with Crippen molar-refractivity contribution in [3.8, 4) is 0 Å². The van der Waals surface area contributed by atoms with Crippen LogP contribution in [0.2, 0.25) is 0 Å². The van der Waals surface area contributed by atoms with Gasteiger partial charge >= 0.3 is 5.97 Å². The number of rotatable bonds is 4. The highest BCUT2D eigenvalue weighted by Crippen LogP contribution is 2.19. The van der Waals surface area contributed by atoms with Gasteiger partial charge in [0, 0.05) is 6.54 Å². The molecule has 0 bridgehead atoms. The quantitative estimate of drug-likeness (QED) is 0.365. The number of benzene rings is 1. The maximum atomic E-state index is 13.5. The minimum atomic E-state index is -2.16. The van der Waals surface area contributed by atoms with Crippen molar-refractivity contribution >= 4 is 17.8 Å². The number of nitrogens with one attached hydrogen (secondary N) is 2. The molecule has 136 valence electrons. The summed E-state index contributed by atoms with van der Waals surface area (Å²) in [6, 6.07) is -0.668. The molecule has 0 unspecified atom stereocenters.